The van der Waals surface area contributed by atoms with E-state index in [1.807, 2.05) is 0 Å². The van der Waals surface area contributed by atoms with Crippen LogP contribution in [-0.4, -0.2) is 13.1 Å². The molecular weight excluding hydrogens is 124 g/mol. The van der Waals surface area contributed by atoms with Gasteiger partial charge in [0, 0.05) is 12.2 Å². The molecular formula is C8H14N2. The summed E-state index contributed by atoms with van der Waals surface area (Å²) in [7, 11) is 0. The van der Waals surface area contributed by atoms with Gasteiger partial charge in [0.05, 0.1) is 0 Å². The number of rotatable bonds is 1. The lowest BCUT2D eigenvalue weighted by Crippen LogP contribution is -2.25. The Kier molecular flexibility index (Phi) is 2.12. The number of hydrogen-bond donors (Lipinski definition) is 2. The maximum Gasteiger partial charge on any atom is 0.0273 e. The normalized spacial score (nSPS) is 19.3. The van der Waals surface area contributed by atoms with Crippen molar-refractivity contribution in [1.82, 2.24) is 5.32 Å². The molecule has 0 atom stereocenters. The molecule has 0 fully saturated rings. The molecule has 10 heavy (non-hydrogen) atoms. The van der Waals surface area contributed by atoms with Crippen molar-refractivity contribution in [2.45, 2.75) is 13.3 Å². The Morgan fingerprint density at radius 3 is 2.80 bits per heavy atom. The van der Waals surface area contributed by atoms with Crippen LogP contribution in [-0.2, 0) is 0 Å². The third kappa shape index (κ3) is 1.39. The van der Waals surface area contributed by atoms with Crippen LogP contribution in [0.2, 0.25) is 0 Å². The summed E-state index contributed by atoms with van der Waals surface area (Å²) < 4.78 is 0. The van der Waals surface area contributed by atoms with Crippen LogP contribution in [0.15, 0.2) is 23.4 Å². The Bertz CT molecular complexity index is 180. The van der Waals surface area contributed by atoms with E-state index in [1.165, 1.54) is 11.1 Å². The summed E-state index contributed by atoms with van der Waals surface area (Å²) in [6, 6.07) is 0. The van der Waals surface area contributed by atoms with Crippen LogP contribution < -0.4 is 11.1 Å². The molecule has 0 radical (unpaired) electrons. The molecule has 1 aliphatic rings. The summed E-state index contributed by atoms with van der Waals surface area (Å²) in [4.78, 5) is 0. The summed E-state index contributed by atoms with van der Waals surface area (Å²) in [6.07, 6.45) is 1.03. The fourth-order valence-corrected chi connectivity index (χ4v) is 1.24. The topological polar surface area (TPSA) is 38.0 Å². The Labute approximate surface area is 61.8 Å². The van der Waals surface area contributed by atoms with Gasteiger partial charge in [-0.25, -0.2) is 0 Å². The highest BCUT2D eigenvalue weighted by molar-refractivity contribution is 5.32. The van der Waals surface area contributed by atoms with Gasteiger partial charge in [-0.05, 0) is 25.5 Å². The van der Waals surface area contributed by atoms with Gasteiger partial charge in [-0.15, -0.1) is 0 Å². The molecule has 1 aliphatic heterocycles. The van der Waals surface area contributed by atoms with Crippen molar-refractivity contribution in [2.24, 2.45) is 5.73 Å². The molecule has 1 heterocycles. The molecule has 3 N–H and O–H groups in total. The van der Waals surface area contributed by atoms with Gasteiger partial charge in [0.2, 0.25) is 0 Å². The minimum atomic E-state index is 0.735. The second-order valence-corrected chi connectivity index (χ2v) is 2.71. The quantitative estimate of drug-likeness (QED) is 0.561. The number of hydrogen-bond acceptors (Lipinski definition) is 2. The lowest BCUT2D eigenvalue weighted by Gasteiger charge is -2.18. The molecule has 2 nitrogen and oxygen atoms in total. The second-order valence-electron chi connectivity index (χ2n) is 2.71. The number of nitrogens with two attached hydrogens (primary N) is 1. The zero-order valence-electron chi connectivity index (χ0n) is 6.41. The smallest absolute Gasteiger partial charge is 0.0273 e. The van der Waals surface area contributed by atoms with Crippen molar-refractivity contribution in [3.63, 3.8) is 0 Å². The Morgan fingerprint density at radius 2 is 2.40 bits per heavy atom. The predicted molar refractivity (Wildman–Crippen MR) is 43.5 cm³/mol. The van der Waals surface area contributed by atoms with Crippen LogP contribution in [0.3, 0.4) is 0 Å². The van der Waals surface area contributed by atoms with Crippen LogP contribution in [0.4, 0.5) is 0 Å². The van der Waals surface area contributed by atoms with Gasteiger partial charge < -0.3 is 11.1 Å². The van der Waals surface area contributed by atoms with Gasteiger partial charge in [0.15, 0.2) is 0 Å². The third-order valence-corrected chi connectivity index (χ3v) is 1.84. The van der Waals surface area contributed by atoms with E-state index in [9.17, 15) is 0 Å². The predicted octanol–water partition coefficient (Wildman–Crippen LogP) is 0.769. The van der Waals surface area contributed by atoms with E-state index >= 15 is 0 Å². The van der Waals surface area contributed by atoms with Gasteiger partial charge in [0.25, 0.3) is 0 Å². The average molecular weight is 138 g/mol. The molecule has 2 heteroatoms. The molecule has 0 aromatic rings. The monoisotopic (exact) mass is 138 g/mol. The van der Waals surface area contributed by atoms with Crippen molar-refractivity contribution in [2.75, 3.05) is 13.1 Å². The molecule has 1 rings (SSSR count). The minimum Gasteiger partial charge on any atom is -0.399 e. The maximum absolute atomic E-state index is 5.58. The zero-order chi connectivity index (χ0) is 7.56. The minimum absolute atomic E-state index is 0.735. The Hall–Kier alpha value is -0.760. The standard InChI is InChI=1S/C8H14N2/c1-6-5-10-4-3-8(6)7(2)9/h10H,2-5,9H2,1H3. The van der Waals surface area contributed by atoms with Gasteiger partial charge >= 0.3 is 0 Å². The van der Waals surface area contributed by atoms with Crippen molar-refractivity contribution < 1.29 is 0 Å². The highest BCUT2D eigenvalue weighted by atomic mass is 14.9. The summed E-state index contributed by atoms with van der Waals surface area (Å²) in [5.74, 6) is 0. The number of nitrogens with one attached hydrogen (secondary N) is 1. The van der Waals surface area contributed by atoms with E-state index in [0.717, 1.165) is 25.2 Å². The first-order valence-corrected chi connectivity index (χ1v) is 3.56. The van der Waals surface area contributed by atoms with E-state index in [0.29, 0.717) is 0 Å². The molecule has 0 unspecified atom stereocenters. The van der Waals surface area contributed by atoms with Crippen LogP contribution >= 0.6 is 0 Å². The summed E-state index contributed by atoms with van der Waals surface area (Å²) in [6.45, 7) is 7.81. The van der Waals surface area contributed by atoms with Crippen LogP contribution in [0, 0.1) is 0 Å². The van der Waals surface area contributed by atoms with E-state index < -0.39 is 0 Å². The molecule has 0 aromatic heterocycles. The van der Waals surface area contributed by atoms with Gasteiger partial charge in [-0.2, -0.15) is 0 Å². The van der Waals surface area contributed by atoms with Crippen molar-refractivity contribution in [3.05, 3.63) is 23.4 Å². The fourth-order valence-electron chi connectivity index (χ4n) is 1.24. The van der Waals surface area contributed by atoms with Crippen LogP contribution in [0.25, 0.3) is 0 Å². The number of allylic oxidation sites excluding steroid dienone is 1. The first-order chi connectivity index (χ1) is 4.72. The first-order valence-electron chi connectivity index (χ1n) is 3.56. The molecule has 0 spiro atoms. The van der Waals surface area contributed by atoms with Gasteiger partial charge in [-0.3, -0.25) is 0 Å². The Morgan fingerprint density at radius 1 is 1.70 bits per heavy atom. The lowest BCUT2D eigenvalue weighted by atomic mass is 10.0. The van der Waals surface area contributed by atoms with Crippen molar-refractivity contribution in [3.8, 4) is 0 Å². The second kappa shape index (κ2) is 2.88. The molecule has 0 bridgehead atoms. The van der Waals surface area contributed by atoms with Crippen LogP contribution in [0.1, 0.15) is 13.3 Å². The molecule has 0 aromatic carbocycles. The molecule has 0 saturated carbocycles. The third-order valence-electron chi connectivity index (χ3n) is 1.84. The van der Waals surface area contributed by atoms with E-state index in [2.05, 4.69) is 18.8 Å². The van der Waals surface area contributed by atoms with E-state index in [-0.39, 0.29) is 0 Å². The van der Waals surface area contributed by atoms with Crippen molar-refractivity contribution >= 4 is 0 Å². The summed E-state index contributed by atoms with van der Waals surface area (Å²) in [5.41, 5.74) is 8.89. The fraction of sp³-hybridized carbons (Fsp3) is 0.500. The maximum atomic E-state index is 5.58. The lowest BCUT2D eigenvalue weighted by molar-refractivity contribution is 0.680. The van der Waals surface area contributed by atoms with E-state index in [4.69, 9.17) is 5.73 Å². The SMILES string of the molecule is C=C(N)C1=C(C)CNCC1. The molecule has 56 valence electrons. The van der Waals surface area contributed by atoms with Gasteiger partial charge in [-0.1, -0.05) is 12.2 Å². The highest BCUT2D eigenvalue weighted by Crippen LogP contribution is 2.15. The van der Waals surface area contributed by atoms with Crippen molar-refractivity contribution in [1.29, 1.82) is 0 Å². The molecule has 0 saturated heterocycles. The molecule has 0 amide bonds. The summed E-state index contributed by atoms with van der Waals surface area (Å²) >= 11 is 0. The average Bonchev–Trinajstić information content (AvgIpc) is 1.88. The Balaban J connectivity index is 2.78. The largest absolute Gasteiger partial charge is 0.399 e. The molecule has 0 aliphatic carbocycles. The highest BCUT2D eigenvalue weighted by Gasteiger charge is 2.08. The first kappa shape index (κ1) is 7.35. The zero-order valence-corrected chi connectivity index (χ0v) is 6.41. The van der Waals surface area contributed by atoms with E-state index in [1.54, 1.807) is 0 Å². The summed E-state index contributed by atoms with van der Waals surface area (Å²) in [5, 5.41) is 3.26. The van der Waals surface area contributed by atoms with Gasteiger partial charge in [0.1, 0.15) is 0 Å². The van der Waals surface area contributed by atoms with Crippen LogP contribution in [0.5, 0.6) is 0 Å².